The number of carbonyl (C=O) groups is 2. The minimum atomic E-state index is -0.487. The largest absolute Gasteiger partial charge is 0.465 e. The molecule has 0 radical (unpaired) electrons. The molecule has 0 spiro atoms. The molecule has 1 aromatic heterocycles. The van der Waals surface area contributed by atoms with E-state index in [1.54, 1.807) is 49.4 Å². The molecule has 2 heterocycles. The van der Waals surface area contributed by atoms with Crippen molar-refractivity contribution in [3.05, 3.63) is 80.9 Å². The van der Waals surface area contributed by atoms with Crippen LogP contribution in [0.3, 0.4) is 0 Å². The van der Waals surface area contributed by atoms with Crippen molar-refractivity contribution in [2.24, 2.45) is 0 Å². The van der Waals surface area contributed by atoms with Gasteiger partial charge < -0.3 is 19.2 Å². The molecular weight excluding hydrogens is 388 g/mol. The number of aryl methyl sites for hydroxylation is 1. The fourth-order valence-electron chi connectivity index (χ4n) is 3.51. The molecule has 3 aromatic rings. The second kappa shape index (κ2) is 7.47. The summed E-state index contributed by atoms with van der Waals surface area (Å²) >= 11 is 0. The van der Waals surface area contributed by atoms with Crippen molar-refractivity contribution in [3.8, 4) is 17.4 Å². The summed E-state index contributed by atoms with van der Waals surface area (Å²) < 4.78 is 15.8. The first kappa shape index (κ1) is 19.4. The van der Waals surface area contributed by atoms with Crippen molar-refractivity contribution in [1.82, 2.24) is 9.97 Å². The second-order valence-electron chi connectivity index (χ2n) is 6.81. The van der Waals surface area contributed by atoms with Gasteiger partial charge in [0.25, 0.3) is 5.56 Å². The van der Waals surface area contributed by atoms with Crippen LogP contribution < -0.4 is 15.0 Å². The minimum Gasteiger partial charge on any atom is -0.465 e. The summed E-state index contributed by atoms with van der Waals surface area (Å²) in [6.45, 7) is 2.97. The van der Waals surface area contributed by atoms with Crippen molar-refractivity contribution in [3.63, 3.8) is 0 Å². The van der Waals surface area contributed by atoms with Gasteiger partial charge in [-0.25, -0.2) is 4.79 Å². The molecule has 0 unspecified atom stereocenters. The normalized spacial score (nSPS) is 14.2. The molecule has 1 N–H and O–H groups in total. The zero-order valence-electron chi connectivity index (χ0n) is 16.5. The molecule has 1 aliphatic rings. The zero-order valence-corrected chi connectivity index (χ0v) is 16.5. The van der Waals surface area contributed by atoms with Crippen LogP contribution in [0.2, 0.25) is 0 Å². The topological polar surface area (TPSA) is 108 Å². The van der Waals surface area contributed by atoms with E-state index in [4.69, 9.17) is 14.2 Å². The van der Waals surface area contributed by atoms with Crippen molar-refractivity contribution in [2.45, 2.75) is 19.8 Å². The van der Waals surface area contributed by atoms with Crippen LogP contribution in [-0.2, 0) is 9.53 Å². The molecule has 0 bridgehead atoms. The Hall–Kier alpha value is -3.94. The number of hydrogen-bond acceptors (Lipinski definition) is 7. The standard InChI is InChI=1S/C22H18N2O6/c1-11-23-20(26)19-18(13-4-6-14(7-5-13)22(27)28-3)16-9-8-15(29-12(2)25)10-17(16)30-21(19)24-11/h4-10,18H,1-3H3,(H,23,24,26)/t18-/m1/s1. The number of methoxy groups -OCH3 is 1. The predicted octanol–water partition coefficient (Wildman–Crippen LogP) is 3.08. The molecule has 1 aliphatic heterocycles. The third kappa shape index (κ3) is 3.43. The monoisotopic (exact) mass is 406 g/mol. The number of nitrogens with one attached hydrogen (secondary N) is 1. The summed E-state index contributed by atoms with van der Waals surface area (Å²) in [7, 11) is 1.31. The summed E-state index contributed by atoms with van der Waals surface area (Å²) in [6.07, 6.45) is 0. The van der Waals surface area contributed by atoms with E-state index in [0.29, 0.717) is 34.0 Å². The molecule has 1 atom stereocenters. The van der Waals surface area contributed by atoms with E-state index in [1.165, 1.54) is 14.0 Å². The molecule has 0 saturated carbocycles. The van der Waals surface area contributed by atoms with E-state index in [-0.39, 0.29) is 11.4 Å². The molecule has 0 saturated heterocycles. The molecule has 8 nitrogen and oxygen atoms in total. The van der Waals surface area contributed by atoms with Gasteiger partial charge in [-0.05, 0) is 30.7 Å². The highest BCUT2D eigenvalue weighted by Gasteiger charge is 2.33. The molecule has 0 aliphatic carbocycles. The number of benzene rings is 2. The van der Waals surface area contributed by atoms with Gasteiger partial charge in [-0.2, -0.15) is 4.98 Å². The van der Waals surface area contributed by atoms with Crippen LogP contribution in [0.1, 0.15) is 45.7 Å². The fourth-order valence-corrected chi connectivity index (χ4v) is 3.51. The summed E-state index contributed by atoms with van der Waals surface area (Å²) in [5.41, 5.74) is 1.92. The molecular formula is C22H18N2O6. The summed E-state index contributed by atoms with van der Waals surface area (Å²) in [5.74, 6) is -0.0311. The molecule has 8 heteroatoms. The number of fused-ring (bicyclic) bond motifs is 2. The van der Waals surface area contributed by atoms with Gasteiger partial charge in [0.15, 0.2) is 0 Å². The van der Waals surface area contributed by atoms with Gasteiger partial charge in [-0.3, -0.25) is 9.59 Å². The highest BCUT2D eigenvalue weighted by molar-refractivity contribution is 5.89. The number of esters is 2. The lowest BCUT2D eigenvalue weighted by atomic mass is 9.83. The Bertz CT molecular complexity index is 1210. The Morgan fingerprint density at radius 2 is 1.87 bits per heavy atom. The highest BCUT2D eigenvalue weighted by Crippen LogP contribution is 2.46. The van der Waals surface area contributed by atoms with Gasteiger partial charge in [-0.15, -0.1) is 0 Å². The first-order valence-corrected chi connectivity index (χ1v) is 9.16. The maximum atomic E-state index is 12.8. The lowest BCUT2D eigenvalue weighted by Crippen LogP contribution is -2.24. The predicted molar refractivity (Wildman–Crippen MR) is 106 cm³/mol. The first-order valence-electron chi connectivity index (χ1n) is 9.16. The van der Waals surface area contributed by atoms with E-state index >= 15 is 0 Å². The van der Waals surface area contributed by atoms with Gasteiger partial charge in [0.2, 0.25) is 5.88 Å². The summed E-state index contributed by atoms with van der Waals surface area (Å²) in [6, 6.07) is 11.8. The summed E-state index contributed by atoms with van der Waals surface area (Å²) in [4.78, 5) is 42.9. The number of hydrogen-bond donors (Lipinski definition) is 1. The molecule has 0 fully saturated rings. The third-order valence-corrected chi connectivity index (χ3v) is 4.76. The van der Waals surface area contributed by atoms with Crippen LogP contribution in [-0.4, -0.2) is 29.0 Å². The van der Waals surface area contributed by atoms with Crippen molar-refractivity contribution in [1.29, 1.82) is 0 Å². The molecule has 152 valence electrons. The third-order valence-electron chi connectivity index (χ3n) is 4.76. The van der Waals surface area contributed by atoms with Crippen molar-refractivity contribution >= 4 is 11.9 Å². The van der Waals surface area contributed by atoms with Gasteiger partial charge >= 0.3 is 11.9 Å². The number of carbonyl (C=O) groups excluding carboxylic acids is 2. The smallest absolute Gasteiger partial charge is 0.337 e. The van der Waals surface area contributed by atoms with Crippen LogP contribution >= 0.6 is 0 Å². The highest BCUT2D eigenvalue weighted by atomic mass is 16.5. The maximum Gasteiger partial charge on any atom is 0.337 e. The lowest BCUT2D eigenvalue weighted by molar-refractivity contribution is -0.131. The number of H-pyrrole nitrogens is 1. The second-order valence-corrected chi connectivity index (χ2v) is 6.81. The van der Waals surface area contributed by atoms with Crippen LogP contribution in [0.5, 0.6) is 17.4 Å². The van der Waals surface area contributed by atoms with Gasteiger partial charge in [0.1, 0.15) is 17.3 Å². The Balaban J connectivity index is 1.88. The maximum absolute atomic E-state index is 12.8. The Kier molecular flexibility index (Phi) is 4.83. The van der Waals surface area contributed by atoms with E-state index < -0.39 is 17.9 Å². The van der Waals surface area contributed by atoms with Gasteiger partial charge in [-0.1, -0.05) is 18.2 Å². The number of aromatic nitrogens is 2. The average molecular weight is 406 g/mol. The van der Waals surface area contributed by atoms with Crippen LogP contribution in [0, 0.1) is 6.92 Å². The zero-order chi connectivity index (χ0) is 21.4. The molecule has 0 amide bonds. The van der Waals surface area contributed by atoms with Crippen LogP contribution in [0.15, 0.2) is 47.3 Å². The lowest BCUT2D eigenvalue weighted by Gasteiger charge is -2.27. The number of rotatable bonds is 3. The van der Waals surface area contributed by atoms with Crippen molar-refractivity contribution in [2.75, 3.05) is 7.11 Å². The quantitative estimate of drug-likeness (QED) is 0.411. The first-order chi connectivity index (χ1) is 14.4. The van der Waals surface area contributed by atoms with Gasteiger partial charge in [0, 0.05) is 24.5 Å². The summed E-state index contributed by atoms with van der Waals surface area (Å²) in [5, 5.41) is 0. The van der Waals surface area contributed by atoms with E-state index in [1.807, 2.05) is 0 Å². The minimum absolute atomic E-state index is 0.186. The number of ether oxygens (including phenoxy) is 3. The average Bonchev–Trinajstić information content (AvgIpc) is 2.71. The molecule has 2 aromatic carbocycles. The number of nitrogens with zero attached hydrogens (tertiary/aromatic N) is 1. The molecule has 30 heavy (non-hydrogen) atoms. The Morgan fingerprint density at radius 1 is 1.13 bits per heavy atom. The van der Waals surface area contributed by atoms with E-state index in [2.05, 4.69) is 9.97 Å². The SMILES string of the molecule is COC(=O)c1ccc([C@@H]2c3ccc(OC(C)=O)cc3Oc3nc(C)[nH]c(=O)c32)cc1. The van der Waals surface area contributed by atoms with Crippen molar-refractivity contribution < 1.29 is 23.8 Å². The van der Waals surface area contributed by atoms with Gasteiger partial charge in [0.05, 0.1) is 18.2 Å². The van der Waals surface area contributed by atoms with Crippen LogP contribution in [0.25, 0.3) is 0 Å². The fraction of sp³-hybridized carbons (Fsp3) is 0.182. The van der Waals surface area contributed by atoms with Crippen LogP contribution in [0.4, 0.5) is 0 Å². The van der Waals surface area contributed by atoms with E-state index in [9.17, 15) is 14.4 Å². The molecule has 4 rings (SSSR count). The Labute approximate surface area is 171 Å². The number of aromatic amines is 1. The van der Waals surface area contributed by atoms with E-state index in [0.717, 1.165) is 5.56 Å². The Morgan fingerprint density at radius 3 is 2.53 bits per heavy atom.